The van der Waals surface area contributed by atoms with E-state index in [2.05, 4.69) is 4.98 Å². The van der Waals surface area contributed by atoms with Gasteiger partial charge in [-0.15, -0.1) is 0 Å². The van der Waals surface area contributed by atoms with Gasteiger partial charge in [0.25, 0.3) is 11.7 Å². The van der Waals surface area contributed by atoms with Crippen molar-refractivity contribution in [1.82, 2.24) is 9.88 Å². The largest absolute Gasteiger partial charge is 0.469 e. The van der Waals surface area contributed by atoms with E-state index < -0.39 is 59.6 Å². The number of rotatable bonds is 13. The molecule has 1 aromatic heterocycles. The van der Waals surface area contributed by atoms with Gasteiger partial charge in [0.05, 0.1) is 11.5 Å². The summed E-state index contributed by atoms with van der Waals surface area (Å²) in [6.07, 6.45) is 0.645. The fourth-order valence-corrected chi connectivity index (χ4v) is 6.08. The van der Waals surface area contributed by atoms with Crippen molar-refractivity contribution in [2.45, 2.75) is 91.3 Å². The number of β-lactam (4-membered cyclic amide) rings is 1. The second-order valence-electron chi connectivity index (χ2n) is 15.6. The van der Waals surface area contributed by atoms with E-state index in [1.165, 1.54) is 6.20 Å². The molecule has 1 aliphatic heterocycles. The van der Waals surface area contributed by atoms with Gasteiger partial charge < -0.3 is 18.9 Å². The maximum atomic E-state index is 13.8. The summed E-state index contributed by atoms with van der Waals surface area (Å²) >= 11 is 0. The molecular weight excluding hydrogens is 699 g/mol. The van der Waals surface area contributed by atoms with Gasteiger partial charge in [-0.25, -0.2) is 9.69 Å². The first kappa shape index (κ1) is 40.4. The summed E-state index contributed by atoms with van der Waals surface area (Å²) < 4.78 is 22.9. The molecule has 0 spiro atoms. The number of carbonyl (C=O) groups excluding carboxylic acids is 5. The van der Waals surface area contributed by atoms with E-state index in [1.807, 2.05) is 67.6 Å². The van der Waals surface area contributed by atoms with Crippen LogP contribution in [0.3, 0.4) is 0 Å². The van der Waals surface area contributed by atoms with Crippen LogP contribution in [0.25, 0.3) is 0 Å². The molecule has 1 fully saturated rings. The molecule has 1 saturated heterocycles. The number of likely N-dealkylation sites (tertiary alicyclic amines) is 1. The van der Waals surface area contributed by atoms with E-state index in [0.29, 0.717) is 16.9 Å². The number of hydrogen-bond donors (Lipinski definition) is 0. The molecule has 0 saturated carbocycles. The van der Waals surface area contributed by atoms with Crippen molar-refractivity contribution in [3.05, 3.63) is 126 Å². The summed E-state index contributed by atoms with van der Waals surface area (Å²) in [6.45, 7) is 10.7. The molecule has 0 unspecified atom stereocenters. The highest BCUT2D eigenvalue weighted by Crippen LogP contribution is 2.34. The number of aromatic nitrogens is 1. The molecule has 4 aromatic rings. The van der Waals surface area contributed by atoms with Crippen molar-refractivity contribution >= 4 is 41.8 Å². The molecular formula is C43H47BN2O9. The van der Waals surface area contributed by atoms with E-state index in [9.17, 15) is 24.0 Å². The molecule has 11 nitrogen and oxygen atoms in total. The third-order valence-corrected chi connectivity index (χ3v) is 8.71. The van der Waals surface area contributed by atoms with E-state index >= 15 is 0 Å². The van der Waals surface area contributed by atoms with E-state index in [1.54, 1.807) is 77.9 Å². The summed E-state index contributed by atoms with van der Waals surface area (Å²) in [5.41, 5.74) is 1.04. The number of pyridine rings is 1. The lowest BCUT2D eigenvalue weighted by atomic mass is 9.46. The molecule has 2 amide bonds. The highest BCUT2D eigenvalue weighted by molar-refractivity contribution is 7.16. The minimum atomic E-state index is -1.47. The number of ether oxygens (including phenoxy) is 4. The third-order valence-electron chi connectivity index (χ3n) is 8.71. The monoisotopic (exact) mass is 746 g/mol. The van der Waals surface area contributed by atoms with Gasteiger partial charge in [-0.3, -0.25) is 24.2 Å². The fourth-order valence-electron chi connectivity index (χ4n) is 6.08. The summed E-state index contributed by atoms with van der Waals surface area (Å²) in [6, 6.07) is 28.4. The van der Waals surface area contributed by atoms with Gasteiger partial charge in [0.15, 0.2) is 6.23 Å². The van der Waals surface area contributed by atoms with Crippen molar-refractivity contribution in [2.24, 2.45) is 5.92 Å². The van der Waals surface area contributed by atoms with E-state index in [-0.39, 0.29) is 31.0 Å². The lowest BCUT2D eigenvalue weighted by molar-refractivity contribution is -0.183. The first-order valence-electron chi connectivity index (χ1n) is 18.3. The number of imide groups is 1. The summed E-state index contributed by atoms with van der Waals surface area (Å²) in [5, 5.41) is 0. The molecule has 5 rings (SSSR count). The molecule has 3 aromatic carbocycles. The van der Waals surface area contributed by atoms with Gasteiger partial charge in [0.2, 0.25) is 11.8 Å². The first-order valence-corrected chi connectivity index (χ1v) is 18.3. The van der Waals surface area contributed by atoms with Crippen LogP contribution in [0.15, 0.2) is 103 Å². The number of nitrogens with zero attached hydrogens (tertiary/aromatic N) is 2. The zero-order valence-electron chi connectivity index (χ0n) is 32.3. The fraction of sp³-hybridized carbons (Fsp3) is 0.349. The summed E-state index contributed by atoms with van der Waals surface area (Å²) in [4.78, 5) is 72.5. The van der Waals surface area contributed by atoms with Crippen LogP contribution >= 0.6 is 0 Å². The minimum Gasteiger partial charge on any atom is -0.469 e. The predicted molar refractivity (Wildman–Crippen MR) is 207 cm³/mol. The highest BCUT2D eigenvalue weighted by atomic mass is 16.6. The van der Waals surface area contributed by atoms with Crippen molar-refractivity contribution in [3.63, 3.8) is 0 Å². The van der Waals surface area contributed by atoms with Crippen LogP contribution in [0.2, 0.25) is 0 Å². The van der Waals surface area contributed by atoms with Crippen LogP contribution in [-0.4, -0.2) is 63.5 Å². The van der Waals surface area contributed by atoms with Gasteiger partial charge in [0.1, 0.15) is 23.6 Å². The quantitative estimate of drug-likeness (QED) is 0.0593. The van der Waals surface area contributed by atoms with Crippen LogP contribution in [0.4, 0.5) is 9.59 Å². The number of carbonyl (C=O) groups is 5. The molecule has 1 aliphatic rings. The molecule has 0 radical (unpaired) electrons. The van der Waals surface area contributed by atoms with Crippen LogP contribution in [0.5, 0.6) is 5.75 Å². The van der Waals surface area contributed by atoms with Crippen molar-refractivity contribution in [1.29, 1.82) is 0 Å². The van der Waals surface area contributed by atoms with E-state index in [0.717, 1.165) is 16.0 Å². The number of esters is 1. The highest BCUT2D eigenvalue weighted by Gasteiger charge is 2.52. The lowest BCUT2D eigenvalue weighted by Gasteiger charge is -2.45. The van der Waals surface area contributed by atoms with Gasteiger partial charge >= 0.3 is 12.7 Å². The Kier molecular flexibility index (Phi) is 12.6. The van der Waals surface area contributed by atoms with Crippen molar-refractivity contribution in [3.8, 4) is 5.75 Å². The Bertz CT molecular complexity index is 1960. The maximum absolute atomic E-state index is 13.8. The SMILES string of the molecule is C[C@@H](CC(=O)N1C(=O)[C@H](Cc2ccnc(B(C(=O)OC(C)(C)C)C(=O)OC(C)(C)C)c2)[C@H]1Oc1ccc(C(=O)OCc2ccccc2)cc1)c1ccccc1. The Morgan fingerprint density at radius 1 is 0.782 bits per heavy atom. The summed E-state index contributed by atoms with van der Waals surface area (Å²) in [5.74, 6) is -3.59. The molecule has 3 atom stereocenters. The number of benzene rings is 3. The second-order valence-corrected chi connectivity index (χ2v) is 15.6. The van der Waals surface area contributed by atoms with Crippen LogP contribution in [0, 0.1) is 5.92 Å². The second kappa shape index (κ2) is 17.1. The van der Waals surface area contributed by atoms with Gasteiger partial charge in [-0.05, 0) is 107 Å². The Labute approximate surface area is 322 Å². The van der Waals surface area contributed by atoms with Crippen LogP contribution < -0.4 is 10.3 Å². The zero-order valence-corrected chi connectivity index (χ0v) is 32.3. The van der Waals surface area contributed by atoms with Crippen molar-refractivity contribution in [2.75, 3.05) is 0 Å². The normalized spacial score (nSPS) is 16.0. The minimum absolute atomic E-state index is 0.0708. The zero-order chi connectivity index (χ0) is 39.9. The van der Waals surface area contributed by atoms with Crippen LogP contribution in [0.1, 0.15) is 87.9 Å². The van der Waals surface area contributed by atoms with Gasteiger partial charge in [-0.2, -0.15) is 0 Å². The Morgan fingerprint density at radius 2 is 1.36 bits per heavy atom. The molecule has 55 heavy (non-hydrogen) atoms. The summed E-state index contributed by atoms with van der Waals surface area (Å²) in [7, 11) is 0. The Balaban J connectivity index is 1.38. The Hall–Kier alpha value is -5.78. The molecule has 286 valence electrons. The molecule has 0 bridgehead atoms. The maximum Gasteiger partial charge on any atom is 0.460 e. The average molecular weight is 747 g/mol. The predicted octanol–water partition coefficient (Wildman–Crippen LogP) is 7.30. The van der Waals surface area contributed by atoms with Gasteiger partial charge in [-0.1, -0.05) is 67.6 Å². The number of hydrogen-bond acceptors (Lipinski definition) is 10. The van der Waals surface area contributed by atoms with E-state index in [4.69, 9.17) is 18.9 Å². The van der Waals surface area contributed by atoms with Crippen molar-refractivity contribution < 1.29 is 42.9 Å². The molecule has 0 N–H and O–H groups in total. The Morgan fingerprint density at radius 3 is 1.95 bits per heavy atom. The standard InChI is InChI=1S/C43H47BN2O9/c1-28(31-16-12-9-13-17-31)24-36(47)46-37(48)34(38(46)53-33-20-18-32(19-21-33)39(49)52-27-29-14-10-8-11-15-29)25-30-22-23-45-35(26-30)44(40(50)54-42(2,3)4)41(51)55-43(5,6)7/h8-23,26,28,34,38H,24-25,27H2,1-7H3/t28-,34-,38+/m0/s1. The molecule has 0 aliphatic carbocycles. The first-order chi connectivity index (χ1) is 26.0. The molecule has 2 heterocycles. The topological polar surface area (TPSA) is 138 Å². The third kappa shape index (κ3) is 10.9. The van der Waals surface area contributed by atoms with Gasteiger partial charge in [0, 0.05) is 18.2 Å². The average Bonchev–Trinajstić information content (AvgIpc) is 3.12. The molecule has 12 heteroatoms. The smallest absolute Gasteiger partial charge is 0.460 e. The lowest BCUT2D eigenvalue weighted by Crippen LogP contribution is -2.66. The van der Waals surface area contributed by atoms with Crippen LogP contribution in [-0.2, 0) is 36.8 Å². The number of amides is 2.